The van der Waals surface area contributed by atoms with E-state index < -0.39 is 16.8 Å². The third kappa shape index (κ3) is 5.26. The number of carbonyl (C=O) groups is 1. The minimum Gasteiger partial charge on any atom is -0.481 e. The number of nitro benzene ring substituents is 1. The van der Waals surface area contributed by atoms with Gasteiger partial charge in [0.25, 0.3) is 5.69 Å². The predicted octanol–water partition coefficient (Wildman–Crippen LogP) is 3.14. The zero-order valence-electron chi connectivity index (χ0n) is 11.9. The molecule has 20 heavy (non-hydrogen) atoms. The number of rotatable bonds is 6. The Kier molecular flexibility index (Phi) is 5.07. The van der Waals surface area contributed by atoms with E-state index >= 15 is 0 Å². The summed E-state index contributed by atoms with van der Waals surface area (Å²) >= 11 is 0. The molecule has 1 aromatic carbocycles. The molecule has 0 spiro atoms. The Morgan fingerprint density at radius 3 is 2.60 bits per heavy atom. The van der Waals surface area contributed by atoms with Gasteiger partial charge in [-0.3, -0.25) is 14.9 Å². The third-order valence-electron chi connectivity index (χ3n) is 2.82. The third-order valence-corrected chi connectivity index (χ3v) is 2.82. The van der Waals surface area contributed by atoms with Crippen LogP contribution in [0.1, 0.15) is 27.2 Å². The van der Waals surface area contributed by atoms with Crippen LogP contribution in [-0.2, 0) is 4.79 Å². The number of aliphatic carboxylic acids is 1. The maximum Gasteiger partial charge on any atom is 0.308 e. The van der Waals surface area contributed by atoms with Gasteiger partial charge in [-0.15, -0.1) is 0 Å². The van der Waals surface area contributed by atoms with E-state index in [4.69, 9.17) is 0 Å². The van der Waals surface area contributed by atoms with Gasteiger partial charge in [0.05, 0.1) is 10.8 Å². The number of nitrogens with zero attached hydrogens (tertiary/aromatic N) is 1. The lowest BCUT2D eigenvalue weighted by molar-refractivity contribution is -0.384. The summed E-state index contributed by atoms with van der Waals surface area (Å²) in [4.78, 5) is 21.4. The number of nitro groups is 1. The Labute approximate surface area is 118 Å². The molecule has 0 aromatic heterocycles. The number of anilines is 1. The Morgan fingerprint density at radius 2 is 2.10 bits per heavy atom. The molecule has 2 N–H and O–H groups in total. The summed E-state index contributed by atoms with van der Waals surface area (Å²) in [5.41, 5.74) is 0.449. The van der Waals surface area contributed by atoms with Gasteiger partial charge in [0.1, 0.15) is 0 Å². The molecule has 0 radical (unpaired) electrons. The number of carboxylic acid groups (broad SMARTS) is 1. The number of nitrogens with one attached hydrogen (secondary N) is 1. The molecule has 0 aliphatic carbocycles. The van der Waals surface area contributed by atoms with Crippen LogP contribution in [0, 0.1) is 21.4 Å². The zero-order valence-corrected chi connectivity index (χ0v) is 11.9. The molecular weight excluding hydrogens is 260 g/mol. The van der Waals surface area contributed by atoms with Crippen molar-refractivity contribution in [3.63, 3.8) is 0 Å². The smallest absolute Gasteiger partial charge is 0.308 e. The van der Waals surface area contributed by atoms with E-state index in [0.717, 1.165) is 0 Å². The summed E-state index contributed by atoms with van der Waals surface area (Å²) in [5, 5.41) is 22.8. The first-order valence-corrected chi connectivity index (χ1v) is 6.40. The average molecular weight is 280 g/mol. The van der Waals surface area contributed by atoms with Crippen molar-refractivity contribution in [3.05, 3.63) is 34.4 Å². The second kappa shape index (κ2) is 6.36. The van der Waals surface area contributed by atoms with Gasteiger partial charge in [-0.25, -0.2) is 0 Å². The number of hydrogen-bond donors (Lipinski definition) is 2. The van der Waals surface area contributed by atoms with Crippen molar-refractivity contribution in [1.29, 1.82) is 0 Å². The van der Waals surface area contributed by atoms with Gasteiger partial charge < -0.3 is 10.4 Å². The van der Waals surface area contributed by atoms with Crippen molar-refractivity contribution < 1.29 is 14.8 Å². The number of carboxylic acids is 1. The molecule has 1 rings (SSSR count). The van der Waals surface area contributed by atoms with E-state index in [0.29, 0.717) is 12.1 Å². The lowest BCUT2D eigenvalue weighted by Gasteiger charge is -2.23. The molecule has 0 bridgehead atoms. The molecule has 0 saturated heterocycles. The summed E-state index contributed by atoms with van der Waals surface area (Å²) in [6.07, 6.45) is 0.532. The van der Waals surface area contributed by atoms with Crippen molar-refractivity contribution in [2.75, 3.05) is 11.9 Å². The van der Waals surface area contributed by atoms with Crippen molar-refractivity contribution in [2.45, 2.75) is 27.2 Å². The van der Waals surface area contributed by atoms with Gasteiger partial charge >= 0.3 is 5.97 Å². The van der Waals surface area contributed by atoms with Crippen molar-refractivity contribution in [1.82, 2.24) is 0 Å². The van der Waals surface area contributed by atoms with E-state index in [1.165, 1.54) is 12.1 Å². The maximum atomic E-state index is 11.2. The topological polar surface area (TPSA) is 92.5 Å². The highest BCUT2D eigenvalue weighted by Crippen LogP contribution is 2.25. The standard InChI is InChI=1S/C14H20N2O4/c1-14(2,3)8-10(13(17)18)9-15-11-5-4-6-12(7-11)16(19)20/h4-7,10,15H,8-9H2,1-3H3,(H,17,18). The maximum absolute atomic E-state index is 11.2. The number of benzene rings is 1. The van der Waals surface area contributed by atoms with Crippen LogP contribution >= 0.6 is 0 Å². The fraction of sp³-hybridized carbons (Fsp3) is 0.500. The van der Waals surface area contributed by atoms with Gasteiger partial charge in [0.15, 0.2) is 0 Å². The summed E-state index contributed by atoms with van der Waals surface area (Å²) in [6, 6.07) is 6.05. The van der Waals surface area contributed by atoms with Crippen LogP contribution in [0.5, 0.6) is 0 Å². The minimum atomic E-state index is -0.863. The summed E-state index contributed by atoms with van der Waals surface area (Å²) in [5.74, 6) is -1.40. The van der Waals surface area contributed by atoms with Crippen LogP contribution in [-0.4, -0.2) is 22.5 Å². The van der Waals surface area contributed by atoms with Crippen LogP contribution in [0.4, 0.5) is 11.4 Å². The Balaban J connectivity index is 2.70. The molecule has 1 aromatic rings. The molecule has 6 nitrogen and oxygen atoms in total. The van der Waals surface area contributed by atoms with Crippen molar-refractivity contribution >= 4 is 17.3 Å². The first-order chi connectivity index (χ1) is 9.19. The average Bonchev–Trinajstić information content (AvgIpc) is 2.33. The molecule has 0 saturated carbocycles. The number of non-ortho nitro benzene ring substituents is 1. The first kappa shape index (κ1) is 15.9. The molecule has 0 amide bonds. The highest BCUT2D eigenvalue weighted by molar-refractivity contribution is 5.71. The van der Waals surface area contributed by atoms with Gasteiger partial charge in [-0.05, 0) is 17.9 Å². The SMILES string of the molecule is CC(C)(C)CC(CNc1cccc([N+](=O)[O-])c1)C(=O)O. The van der Waals surface area contributed by atoms with E-state index in [9.17, 15) is 20.0 Å². The molecule has 110 valence electrons. The van der Waals surface area contributed by atoms with Crippen LogP contribution in [0.2, 0.25) is 0 Å². The van der Waals surface area contributed by atoms with Crippen molar-refractivity contribution in [3.8, 4) is 0 Å². The van der Waals surface area contributed by atoms with Crippen LogP contribution in [0.15, 0.2) is 24.3 Å². The summed E-state index contributed by atoms with van der Waals surface area (Å²) < 4.78 is 0. The molecule has 0 aliphatic heterocycles. The quantitative estimate of drug-likeness (QED) is 0.617. The largest absolute Gasteiger partial charge is 0.481 e. The molecule has 0 fully saturated rings. The Hall–Kier alpha value is -2.11. The summed E-state index contributed by atoms with van der Waals surface area (Å²) in [7, 11) is 0. The van der Waals surface area contributed by atoms with Gasteiger partial charge in [0.2, 0.25) is 0 Å². The first-order valence-electron chi connectivity index (χ1n) is 6.40. The minimum absolute atomic E-state index is 0.0160. The predicted molar refractivity (Wildman–Crippen MR) is 76.8 cm³/mol. The van der Waals surface area contributed by atoms with Gasteiger partial charge in [-0.1, -0.05) is 26.8 Å². The van der Waals surface area contributed by atoms with Gasteiger partial charge in [-0.2, -0.15) is 0 Å². The normalized spacial score (nSPS) is 12.8. The fourth-order valence-corrected chi connectivity index (χ4v) is 1.96. The monoisotopic (exact) mass is 280 g/mol. The summed E-state index contributed by atoms with van der Waals surface area (Å²) in [6.45, 7) is 6.19. The highest BCUT2D eigenvalue weighted by Gasteiger charge is 2.24. The fourth-order valence-electron chi connectivity index (χ4n) is 1.96. The molecule has 0 heterocycles. The Morgan fingerprint density at radius 1 is 1.45 bits per heavy atom. The lowest BCUT2D eigenvalue weighted by Crippen LogP contribution is -2.27. The molecule has 1 atom stereocenters. The van der Waals surface area contributed by atoms with E-state index in [2.05, 4.69) is 5.32 Å². The van der Waals surface area contributed by atoms with Crippen molar-refractivity contribution in [2.24, 2.45) is 11.3 Å². The molecule has 0 aliphatic rings. The number of hydrogen-bond acceptors (Lipinski definition) is 4. The second-order valence-electron chi connectivity index (χ2n) is 5.99. The molecule has 1 unspecified atom stereocenters. The van der Waals surface area contributed by atoms with Gasteiger partial charge in [0, 0.05) is 24.4 Å². The van der Waals surface area contributed by atoms with Crippen LogP contribution < -0.4 is 5.32 Å². The Bertz CT molecular complexity index is 494. The molecule has 6 heteroatoms. The van der Waals surface area contributed by atoms with Crippen LogP contribution in [0.3, 0.4) is 0 Å². The zero-order chi connectivity index (χ0) is 15.3. The van der Waals surface area contributed by atoms with Crippen LogP contribution in [0.25, 0.3) is 0 Å². The highest BCUT2D eigenvalue weighted by atomic mass is 16.6. The molecular formula is C14H20N2O4. The lowest BCUT2D eigenvalue weighted by atomic mass is 9.84. The van der Waals surface area contributed by atoms with E-state index in [-0.39, 0.29) is 17.6 Å². The van der Waals surface area contributed by atoms with E-state index in [1.807, 2.05) is 20.8 Å². The van der Waals surface area contributed by atoms with E-state index in [1.54, 1.807) is 12.1 Å². The second-order valence-corrected chi connectivity index (χ2v) is 5.99.